The van der Waals surface area contributed by atoms with Crippen molar-refractivity contribution in [1.82, 2.24) is 18.8 Å². The average molecular weight is 382 g/mol. The first-order valence-electron chi connectivity index (χ1n) is 9.10. The molecule has 0 saturated carbocycles. The molecule has 2 aromatic heterocycles. The zero-order valence-corrected chi connectivity index (χ0v) is 15.8. The third-order valence-electron chi connectivity index (χ3n) is 4.95. The van der Waals surface area contributed by atoms with E-state index in [0.717, 1.165) is 24.2 Å². The van der Waals surface area contributed by atoms with E-state index in [1.807, 2.05) is 30.6 Å². The van der Waals surface area contributed by atoms with Crippen LogP contribution in [-0.4, -0.2) is 40.3 Å². The van der Waals surface area contributed by atoms with Crippen molar-refractivity contribution in [2.24, 2.45) is 0 Å². The summed E-state index contributed by atoms with van der Waals surface area (Å²) < 4.78 is 29.6. The minimum absolute atomic E-state index is 0.0870. The molecule has 1 aliphatic rings. The fourth-order valence-corrected chi connectivity index (χ4v) is 5.16. The van der Waals surface area contributed by atoms with Gasteiger partial charge >= 0.3 is 0 Å². The van der Waals surface area contributed by atoms with Gasteiger partial charge in [-0.2, -0.15) is 4.31 Å². The number of nitrogens with zero attached hydrogens (tertiary/aromatic N) is 4. The Kier molecular flexibility index (Phi) is 5.05. The van der Waals surface area contributed by atoms with Crippen LogP contribution < -0.4 is 0 Å². The molecule has 7 heteroatoms. The van der Waals surface area contributed by atoms with Gasteiger partial charge in [-0.25, -0.2) is 13.4 Å². The molecule has 140 valence electrons. The van der Waals surface area contributed by atoms with E-state index < -0.39 is 10.0 Å². The fourth-order valence-electron chi connectivity index (χ4n) is 3.62. The van der Waals surface area contributed by atoms with E-state index in [9.17, 15) is 8.42 Å². The van der Waals surface area contributed by atoms with Gasteiger partial charge in [-0.3, -0.25) is 4.98 Å². The summed E-state index contributed by atoms with van der Waals surface area (Å²) in [6.45, 7) is 1.70. The number of hydrogen-bond donors (Lipinski definition) is 0. The smallest absolute Gasteiger partial charge is 0.243 e. The quantitative estimate of drug-likeness (QED) is 0.680. The van der Waals surface area contributed by atoms with Gasteiger partial charge in [-0.1, -0.05) is 24.3 Å². The van der Waals surface area contributed by atoms with Gasteiger partial charge < -0.3 is 4.57 Å². The summed E-state index contributed by atoms with van der Waals surface area (Å²) >= 11 is 0. The third-order valence-corrected chi connectivity index (χ3v) is 6.83. The van der Waals surface area contributed by atoms with E-state index in [0.29, 0.717) is 24.5 Å². The summed E-state index contributed by atoms with van der Waals surface area (Å²) in [6, 6.07) is 12.6. The van der Waals surface area contributed by atoms with Crippen molar-refractivity contribution < 1.29 is 8.42 Å². The number of aromatic nitrogens is 3. The Morgan fingerprint density at radius 3 is 2.70 bits per heavy atom. The van der Waals surface area contributed by atoms with Crippen LogP contribution in [0.1, 0.15) is 30.1 Å². The minimum atomic E-state index is -3.47. The van der Waals surface area contributed by atoms with Crippen LogP contribution >= 0.6 is 0 Å². The van der Waals surface area contributed by atoms with E-state index in [-0.39, 0.29) is 5.92 Å². The van der Waals surface area contributed by atoms with Crippen molar-refractivity contribution in [1.29, 1.82) is 0 Å². The van der Waals surface area contributed by atoms with Crippen molar-refractivity contribution in [2.75, 3.05) is 13.1 Å². The van der Waals surface area contributed by atoms with Gasteiger partial charge in [0, 0.05) is 43.8 Å². The molecule has 1 fully saturated rings. The Hall–Kier alpha value is -2.51. The number of hydrogen-bond acceptors (Lipinski definition) is 4. The molecule has 1 aromatic carbocycles. The van der Waals surface area contributed by atoms with Crippen LogP contribution in [-0.2, 0) is 16.6 Å². The zero-order chi connectivity index (χ0) is 18.7. The lowest BCUT2D eigenvalue weighted by molar-refractivity contribution is 0.305. The number of benzene rings is 1. The Morgan fingerprint density at radius 2 is 1.93 bits per heavy atom. The highest BCUT2D eigenvalue weighted by molar-refractivity contribution is 7.89. The molecule has 0 bridgehead atoms. The second-order valence-corrected chi connectivity index (χ2v) is 8.73. The summed E-state index contributed by atoms with van der Waals surface area (Å²) in [7, 11) is -3.47. The lowest BCUT2D eigenvalue weighted by atomic mass is 9.98. The first-order chi connectivity index (χ1) is 13.1. The van der Waals surface area contributed by atoms with Gasteiger partial charge in [0.15, 0.2) is 0 Å². The fraction of sp³-hybridized carbons (Fsp3) is 0.300. The largest absolute Gasteiger partial charge is 0.330 e. The lowest BCUT2D eigenvalue weighted by Gasteiger charge is -2.32. The Labute approximate surface area is 159 Å². The van der Waals surface area contributed by atoms with Crippen LogP contribution in [0.25, 0.3) is 0 Å². The third kappa shape index (κ3) is 3.79. The van der Waals surface area contributed by atoms with E-state index in [4.69, 9.17) is 0 Å². The van der Waals surface area contributed by atoms with Crippen molar-refractivity contribution >= 4 is 10.0 Å². The maximum absolute atomic E-state index is 13.0. The molecule has 0 N–H and O–H groups in total. The summed E-state index contributed by atoms with van der Waals surface area (Å²) in [6.07, 6.45) is 9.10. The van der Waals surface area contributed by atoms with Crippen LogP contribution in [0.5, 0.6) is 0 Å². The molecule has 3 heterocycles. The molecule has 6 nitrogen and oxygen atoms in total. The second-order valence-electron chi connectivity index (χ2n) is 6.79. The summed E-state index contributed by atoms with van der Waals surface area (Å²) in [4.78, 5) is 9.06. The van der Waals surface area contributed by atoms with Gasteiger partial charge in [-0.15, -0.1) is 0 Å². The summed E-state index contributed by atoms with van der Waals surface area (Å²) in [5, 5.41) is 0. The standard InChI is InChI=1S/C20H22N4O2S/c25-27(26,19-8-2-1-3-9-19)24-12-5-7-18(16-24)20-22-11-13-23(20)15-17-6-4-10-21-14-17/h1-4,6,8-11,13-14,18H,5,7,12,15-16H2/t18-/m0/s1. The highest BCUT2D eigenvalue weighted by Gasteiger charge is 2.32. The van der Waals surface area contributed by atoms with E-state index in [2.05, 4.69) is 14.5 Å². The Balaban J connectivity index is 1.55. The molecular weight excluding hydrogens is 360 g/mol. The van der Waals surface area contributed by atoms with Gasteiger partial charge in [-0.05, 0) is 36.6 Å². The molecule has 0 unspecified atom stereocenters. The van der Waals surface area contributed by atoms with Crippen LogP contribution in [0, 0.1) is 0 Å². The number of rotatable bonds is 5. The number of piperidine rings is 1. The van der Waals surface area contributed by atoms with Gasteiger partial charge in [0.25, 0.3) is 0 Å². The van der Waals surface area contributed by atoms with Crippen LogP contribution in [0.15, 0.2) is 72.1 Å². The SMILES string of the molecule is O=S(=O)(c1ccccc1)N1CCC[C@H](c2nccn2Cc2cccnc2)C1. The topological polar surface area (TPSA) is 68.1 Å². The van der Waals surface area contributed by atoms with Gasteiger partial charge in [0.05, 0.1) is 11.4 Å². The molecule has 0 amide bonds. The van der Waals surface area contributed by atoms with Crippen LogP contribution in [0.2, 0.25) is 0 Å². The monoisotopic (exact) mass is 382 g/mol. The first-order valence-corrected chi connectivity index (χ1v) is 10.5. The maximum Gasteiger partial charge on any atom is 0.243 e. The predicted octanol–water partition coefficient (Wildman–Crippen LogP) is 2.89. The summed E-state index contributed by atoms with van der Waals surface area (Å²) in [5.41, 5.74) is 1.10. The van der Waals surface area contributed by atoms with Crippen molar-refractivity contribution in [2.45, 2.75) is 30.2 Å². The molecule has 0 radical (unpaired) electrons. The lowest BCUT2D eigenvalue weighted by Crippen LogP contribution is -2.39. The number of sulfonamides is 1. The van der Waals surface area contributed by atoms with Crippen LogP contribution in [0.4, 0.5) is 0 Å². The Morgan fingerprint density at radius 1 is 1.07 bits per heavy atom. The molecule has 0 spiro atoms. The van der Waals surface area contributed by atoms with Gasteiger partial charge in [0.1, 0.15) is 5.82 Å². The molecule has 1 saturated heterocycles. The van der Waals surface area contributed by atoms with E-state index in [1.165, 1.54) is 0 Å². The van der Waals surface area contributed by atoms with E-state index in [1.54, 1.807) is 41.0 Å². The molecule has 27 heavy (non-hydrogen) atoms. The molecular formula is C20H22N4O2S. The predicted molar refractivity (Wildman–Crippen MR) is 103 cm³/mol. The first kappa shape index (κ1) is 17.9. The second kappa shape index (κ2) is 7.62. The molecule has 3 aromatic rings. The van der Waals surface area contributed by atoms with E-state index >= 15 is 0 Å². The number of pyridine rings is 1. The van der Waals surface area contributed by atoms with Gasteiger partial charge in [0.2, 0.25) is 10.0 Å². The van der Waals surface area contributed by atoms with Crippen molar-refractivity contribution in [3.8, 4) is 0 Å². The molecule has 4 rings (SSSR count). The Bertz CT molecular complexity index is 987. The highest BCUT2D eigenvalue weighted by Crippen LogP contribution is 2.29. The zero-order valence-electron chi connectivity index (χ0n) is 15.0. The number of imidazole rings is 1. The molecule has 1 aliphatic heterocycles. The van der Waals surface area contributed by atoms with Crippen molar-refractivity contribution in [3.05, 3.63) is 78.6 Å². The maximum atomic E-state index is 13.0. The molecule has 0 aliphatic carbocycles. The summed E-state index contributed by atoms with van der Waals surface area (Å²) in [5.74, 6) is 1.02. The molecule has 1 atom stereocenters. The average Bonchev–Trinajstić information content (AvgIpc) is 3.18. The normalized spacial score (nSPS) is 18.4. The highest BCUT2D eigenvalue weighted by atomic mass is 32.2. The van der Waals surface area contributed by atoms with Crippen molar-refractivity contribution in [3.63, 3.8) is 0 Å². The van der Waals surface area contributed by atoms with Crippen LogP contribution in [0.3, 0.4) is 0 Å². The minimum Gasteiger partial charge on any atom is -0.330 e.